The molecule has 0 bridgehead atoms. The normalized spacial score (nSPS) is 23.9. The van der Waals surface area contributed by atoms with Crippen molar-refractivity contribution in [1.29, 1.82) is 0 Å². The highest BCUT2D eigenvalue weighted by Crippen LogP contribution is 2.38. The fraction of sp³-hybridized carbons (Fsp3) is 0.520. The van der Waals surface area contributed by atoms with Gasteiger partial charge in [-0.15, -0.1) is 0 Å². The molecule has 27 heavy (non-hydrogen) atoms. The molecule has 0 spiro atoms. The van der Waals surface area contributed by atoms with Gasteiger partial charge in [0, 0.05) is 6.54 Å². The lowest BCUT2D eigenvalue weighted by molar-refractivity contribution is 0.190. The Morgan fingerprint density at radius 2 is 1.78 bits per heavy atom. The standard InChI is InChI=1S/C25H34N2/c1-19-21(8-9-24-17-20(18-26)7-10-25(19)24)11-14-27-15-12-23(13-16-27)22-5-3-2-4-6-22/h2-7,10,17,19,21,23H,8-9,11-16,18,26H2,1H3. The van der Waals surface area contributed by atoms with Gasteiger partial charge in [-0.05, 0) is 91.7 Å². The van der Waals surface area contributed by atoms with Gasteiger partial charge in [0.2, 0.25) is 0 Å². The summed E-state index contributed by atoms with van der Waals surface area (Å²) in [5.41, 5.74) is 11.8. The van der Waals surface area contributed by atoms with Crippen LogP contribution in [0.2, 0.25) is 0 Å². The maximum absolute atomic E-state index is 5.82. The molecule has 0 amide bonds. The monoisotopic (exact) mass is 362 g/mol. The van der Waals surface area contributed by atoms with Crippen LogP contribution < -0.4 is 5.73 Å². The van der Waals surface area contributed by atoms with Gasteiger partial charge in [-0.25, -0.2) is 0 Å². The topological polar surface area (TPSA) is 29.3 Å². The van der Waals surface area contributed by atoms with Crippen LogP contribution in [0.3, 0.4) is 0 Å². The molecular weight excluding hydrogens is 328 g/mol. The zero-order chi connectivity index (χ0) is 18.6. The largest absolute Gasteiger partial charge is 0.326 e. The number of aryl methyl sites for hydroxylation is 1. The van der Waals surface area contributed by atoms with E-state index < -0.39 is 0 Å². The van der Waals surface area contributed by atoms with E-state index in [1.807, 2.05) is 0 Å². The van der Waals surface area contributed by atoms with Gasteiger partial charge in [0.25, 0.3) is 0 Å². The predicted molar refractivity (Wildman–Crippen MR) is 114 cm³/mol. The molecule has 2 aromatic rings. The van der Waals surface area contributed by atoms with E-state index >= 15 is 0 Å². The van der Waals surface area contributed by atoms with Crippen LogP contribution in [0.5, 0.6) is 0 Å². The van der Waals surface area contributed by atoms with Crippen molar-refractivity contribution >= 4 is 0 Å². The molecule has 1 aliphatic heterocycles. The molecule has 2 heteroatoms. The number of piperidine rings is 1. The van der Waals surface area contributed by atoms with Gasteiger partial charge in [0.1, 0.15) is 0 Å². The minimum absolute atomic E-state index is 0.657. The number of hydrogen-bond acceptors (Lipinski definition) is 2. The first kappa shape index (κ1) is 18.7. The van der Waals surface area contributed by atoms with E-state index in [2.05, 4.69) is 60.4 Å². The molecule has 1 heterocycles. The Morgan fingerprint density at radius 1 is 1.00 bits per heavy atom. The molecule has 2 aliphatic rings. The lowest BCUT2D eigenvalue weighted by atomic mass is 9.74. The summed E-state index contributed by atoms with van der Waals surface area (Å²) in [6.07, 6.45) is 6.54. The zero-order valence-corrected chi connectivity index (χ0v) is 16.7. The van der Waals surface area contributed by atoms with Crippen molar-refractivity contribution < 1.29 is 0 Å². The molecule has 2 atom stereocenters. The first-order valence-corrected chi connectivity index (χ1v) is 10.8. The number of hydrogen-bond donors (Lipinski definition) is 1. The first-order chi connectivity index (χ1) is 13.2. The van der Waals surface area contributed by atoms with Crippen LogP contribution in [0.25, 0.3) is 0 Å². The molecule has 1 saturated heterocycles. The molecule has 1 aliphatic carbocycles. The van der Waals surface area contributed by atoms with Gasteiger partial charge in [0.05, 0.1) is 0 Å². The number of nitrogens with two attached hydrogens (primary N) is 1. The Morgan fingerprint density at radius 3 is 2.52 bits per heavy atom. The van der Waals surface area contributed by atoms with Crippen molar-refractivity contribution in [2.45, 2.75) is 57.4 Å². The van der Waals surface area contributed by atoms with Gasteiger partial charge >= 0.3 is 0 Å². The van der Waals surface area contributed by atoms with Crippen LogP contribution in [-0.4, -0.2) is 24.5 Å². The van der Waals surface area contributed by atoms with Gasteiger partial charge in [-0.2, -0.15) is 0 Å². The SMILES string of the molecule is CC1c2ccc(CN)cc2CCC1CCN1CCC(c2ccccc2)CC1. The van der Waals surface area contributed by atoms with Crippen molar-refractivity contribution in [1.82, 2.24) is 4.90 Å². The van der Waals surface area contributed by atoms with Crippen molar-refractivity contribution in [2.75, 3.05) is 19.6 Å². The fourth-order valence-electron chi connectivity index (χ4n) is 5.25. The van der Waals surface area contributed by atoms with Crippen LogP contribution in [0.15, 0.2) is 48.5 Å². The third-order valence-electron chi connectivity index (χ3n) is 7.10. The first-order valence-electron chi connectivity index (χ1n) is 10.8. The summed E-state index contributed by atoms with van der Waals surface area (Å²) in [6, 6.07) is 18.0. The van der Waals surface area contributed by atoms with Crippen LogP contribution in [0.4, 0.5) is 0 Å². The smallest absolute Gasteiger partial charge is 0.0178 e. The second-order valence-electron chi connectivity index (χ2n) is 8.64. The van der Waals surface area contributed by atoms with Crippen molar-refractivity contribution in [3.63, 3.8) is 0 Å². The number of benzene rings is 2. The lowest BCUT2D eigenvalue weighted by Crippen LogP contribution is -2.35. The molecule has 2 N–H and O–H groups in total. The van der Waals surface area contributed by atoms with E-state index in [1.54, 1.807) is 11.1 Å². The molecule has 2 nitrogen and oxygen atoms in total. The van der Waals surface area contributed by atoms with E-state index in [0.29, 0.717) is 12.5 Å². The highest BCUT2D eigenvalue weighted by atomic mass is 15.1. The summed E-state index contributed by atoms with van der Waals surface area (Å²) in [4.78, 5) is 2.71. The summed E-state index contributed by atoms with van der Waals surface area (Å²) in [7, 11) is 0. The molecule has 2 unspecified atom stereocenters. The predicted octanol–water partition coefficient (Wildman–Crippen LogP) is 5.08. The number of fused-ring (bicyclic) bond motifs is 1. The quantitative estimate of drug-likeness (QED) is 0.803. The molecular formula is C25H34N2. The average Bonchev–Trinajstić information content (AvgIpc) is 2.74. The summed E-state index contributed by atoms with van der Waals surface area (Å²) in [5.74, 6) is 2.27. The van der Waals surface area contributed by atoms with E-state index in [-0.39, 0.29) is 0 Å². The Bertz CT molecular complexity index is 731. The zero-order valence-electron chi connectivity index (χ0n) is 16.7. The van der Waals surface area contributed by atoms with Crippen molar-refractivity contribution in [2.24, 2.45) is 11.7 Å². The second kappa shape index (κ2) is 8.58. The molecule has 1 fully saturated rings. The highest BCUT2D eigenvalue weighted by molar-refractivity contribution is 5.36. The molecule has 0 saturated carbocycles. The van der Waals surface area contributed by atoms with Crippen molar-refractivity contribution in [3.8, 4) is 0 Å². The minimum atomic E-state index is 0.657. The average molecular weight is 363 g/mol. The summed E-state index contributed by atoms with van der Waals surface area (Å²) in [5, 5.41) is 0. The van der Waals surface area contributed by atoms with Crippen LogP contribution in [-0.2, 0) is 13.0 Å². The van der Waals surface area contributed by atoms with Crippen LogP contribution in [0.1, 0.15) is 66.7 Å². The molecule has 4 rings (SSSR count). The second-order valence-corrected chi connectivity index (χ2v) is 8.64. The summed E-state index contributed by atoms with van der Waals surface area (Å²) < 4.78 is 0. The molecule has 2 aromatic carbocycles. The Kier molecular flexibility index (Phi) is 5.95. The molecule has 0 radical (unpaired) electrons. The van der Waals surface area contributed by atoms with E-state index in [9.17, 15) is 0 Å². The molecule has 0 aromatic heterocycles. The van der Waals surface area contributed by atoms with E-state index in [0.717, 1.165) is 11.8 Å². The fourth-order valence-corrected chi connectivity index (χ4v) is 5.25. The van der Waals surface area contributed by atoms with E-state index in [1.165, 1.54) is 62.9 Å². The number of likely N-dealkylation sites (tertiary alicyclic amines) is 1. The summed E-state index contributed by atoms with van der Waals surface area (Å²) >= 11 is 0. The Labute approximate surface area is 164 Å². The van der Waals surface area contributed by atoms with Gasteiger partial charge < -0.3 is 10.6 Å². The third kappa shape index (κ3) is 4.28. The maximum atomic E-state index is 5.82. The Hall–Kier alpha value is -1.64. The number of nitrogens with zero attached hydrogens (tertiary/aromatic N) is 1. The third-order valence-corrected chi connectivity index (χ3v) is 7.10. The molecule has 144 valence electrons. The van der Waals surface area contributed by atoms with Crippen molar-refractivity contribution in [3.05, 3.63) is 70.8 Å². The highest BCUT2D eigenvalue weighted by Gasteiger charge is 2.27. The van der Waals surface area contributed by atoms with E-state index in [4.69, 9.17) is 5.73 Å². The minimum Gasteiger partial charge on any atom is -0.326 e. The summed E-state index contributed by atoms with van der Waals surface area (Å²) in [6.45, 7) is 6.89. The van der Waals surface area contributed by atoms with Gasteiger partial charge in [-0.3, -0.25) is 0 Å². The lowest BCUT2D eigenvalue weighted by Gasteiger charge is -2.36. The van der Waals surface area contributed by atoms with Gasteiger partial charge in [0.15, 0.2) is 0 Å². The van der Waals surface area contributed by atoms with Gasteiger partial charge in [-0.1, -0.05) is 55.5 Å². The maximum Gasteiger partial charge on any atom is 0.0178 e. The van der Waals surface area contributed by atoms with Crippen LogP contribution in [0, 0.1) is 5.92 Å². The van der Waals surface area contributed by atoms with Crippen LogP contribution >= 0.6 is 0 Å². The Balaban J connectivity index is 1.28. The number of rotatable bonds is 5.